The highest BCUT2D eigenvalue weighted by molar-refractivity contribution is 6.05. The molecule has 9 aromatic rings. The van der Waals surface area contributed by atoms with Gasteiger partial charge >= 0.3 is 0 Å². The number of furan rings is 1. The van der Waals surface area contributed by atoms with E-state index in [2.05, 4.69) is 36.4 Å². The molecule has 49 heavy (non-hydrogen) atoms. The third kappa shape index (κ3) is 5.51. The van der Waals surface area contributed by atoms with E-state index in [1.807, 2.05) is 127 Å². The van der Waals surface area contributed by atoms with E-state index in [1.54, 1.807) is 0 Å². The molecule has 0 saturated carbocycles. The number of fused-ring (bicyclic) bond motifs is 3. The Kier molecular flexibility index (Phi) is 7.02. The van der Waals surface area contributed by atoms with Crippen molar-refractivity contribution in [1.29, 1.82) is 0 Å². The molecule has 0 N–H and O–H groups in total. The molecular weight excluding hydrogens is 603 g/mol. The van der Waals surface area contributed by atoms with Gasteiger partial charge in [-0.1, -0.05) is 133 Å². The molecule has 0 radical (unpaired) electrons. The van der Waals surface area contributed by atoms with Crippen molar-refractivity contribution in [2.45, 2.75) is 0 Å². The zero-order chi connectivity index (χ0) is 32.6. The van der Waals surface area contributed by atoms with Crippen LogP contribution >= 0.6 is 0 Å². The highest BCUT2D eigenvalue weighted by Gasteiger charge is 2.16. The van der Waals surface area contributed by atoms with Gasteiger partial charge in [0.2, 0.25) is 0 Å². The predicted molar refractivity (Wildman–Crippen MR) is 195 cm³/mol. The summed E-state index contributed by atoms with van der Waals surface area (Å²) in [5.74, 6) is 2.46. The second kappa shape index (κ2) is 12.1. The van der Waals surface area contributed by atoms with Crippen LogP contribution in [-0.4, -0.2) is 24.9 Å². The molecule has 0 aliphatic heterocycles. The van der Waals surface area contributed by atoms with E-state index < -0.39 is 0 Å². The monoisotopic (exact) mass is 629 g/mol. The number of aromatic nitrogens is 5. The number of hydrogen-bond acceptors (Lipinski definition) is 6. The van der Waals surface area contributed by atoms with E-state index in [0.29, 0.717) is 23.3 Å². The molecule has 3 heterocycles. The third-order valence-electron chi connectivity index (χ3n) is 8.55. The van der Waals surface area contributed by atoms with Gasteiger partial charge < -0.3 is 4.42 Å². The van der Waals surface area contributed by atoms with E-state index in [9.17, 15) is 0 Å². The Bertz CT molecular complexity index is 2540. The van der Waals surface area contributed by atoms with Crippen LogP contribution in [0.15, 0.2) is 168 Å². The van der Waals surface area contributed by atoms with Crippen molar-refractivity contribution in [3.05, 3.63) is 164 Å². The van der Waals surface area contributed by atoms with Crippen molar-refractivity contribution in [2.75, 3.05) is 0 Å². The Hall–Kier alpha value is -6.79. The molecule has 0 unspecified atom stereocenters. The van der Waals surface area contributed by atoms with Gasteiger partial charge in [-0.05, 0) is 30.3 Å². The van der Waals surface area contributed by atoms with E-state index in [4.69, 9.17) is 29.3 Å². The maximum absolute atomic E-state index is 6.23. The molecular formula is C43H27N5O. The summed E-state index contributed by atoms with van der Waals surface area (Å²) >= 11 is 0. The van der Waals surface area contributed by atoms with Crippen molar-refractivity contribution in [3.63, 3.8) is 0 Å². The largest absolute Gasteiger partial charge is 0.456 e. The summed E-state index contributed by atoms with van der Waals surface area (Å²) in [5, 5.41) is 2.17. The van der Waals surface area contributed by atoms with Gasteiger partial charge in [-0.25, -0.2) is 24.9 Å². The van der Waals surface area contributed by atoms with Gasteiger partial charge in [0, 0.05) is 44.2 Å². The van der Waals surface area contributed by atoms with Crippen molar-refractivity contribution in [3.8, 4) is 68.1 Å². The molecule has 0 fully saturated rings. The van der Waals surface area contributed by atoms with Crippen LogP contribution in [0.5, 0.6) is 0 Å². The number of rotatable bonds is 6. The number of benzene rings is 6. The van der Waals surface area contributed by atoms with Gasteiger partial charge in [0.1, 0.15) is 11.2 Å². The minimum absolute atomic E-state index is 0.586. The lowest BCUT2D eigenvalue weighted by atomic mass is 10.0. The molecule has 0 saturated heterocycles. The van der Waals surface area contributed by atoms with Crippen LogP contribution in [0, 0.1) is 0 Å². The summed E-state index contributed by atoms with van der Waals surface area (Å²) in [6, 6.07) is 54.7. The highest BCUT2D eigenvalue weighted by atomic mass is 16.3. The summed E-state index contributed by atoms with van der Waals surface area (Å²) in [6.07, 6.45) is 0. The van der Waals surface area contributed by atoms with Crippen LogP contribution in [0.25, 0.3) is 90.0 Å². The first-order valence-corrected chi connectivity index (χ1v) is 16.1. The topological polar surface area (TPSA) is 77.6 Å². The van der Waals surface area contributed by atoms with Crippen molar-refractivity contribution < 1.29 is 4.42 Å². The fraction of sp³-hybridized carbons (Fsp3) is 0. The highest BCUT2D eigenvalue weighted by Crippen LogP contribution is 2.34. The standard InChI is InChI=1S/C43H27N5O/c1-4-13-28(14-5-1)40-44-36(27-37(45-40)32-23-24-35-34-21-10-11-22-38(34)49-39(35)26-32)31-19-12-20-33(25-31)43-47-41(29-15-6-2-7-16-29)46-42(48-43)30-17-8-3-9-18-30/h1-27H. The molecule has 6 heteroatoms. The van der Waals surface area contributed by atoms with Crippen molar-refractivity contribution >= 4 is 21.9 Å². The lowest BCUT2D eigenvalue weighted by Crippen LogP contribution is -2.00. The van der Waals surface area contributed by atoms with Gasteiger partial charge in [-0.2, -0.15) is 0 Å². The van der Waals surface area contributed by atoms with Crippen LogP contribution in [0.4, 0.5) is 0 Å². The van der Waals surface area contributed by atoms with Gasteiger partial charge in [0.05, 0.1) is 11.4 Å². The Balaban J connectivity index is 1.18. The van der Waals surface area contributed by atoms with E-state index in [0.717, 1.165) is 66.7 Å². The van der Waals surface area contributed by atoms with Crippen molar-refractivity contribution in [1.82, 2.24) is 24.9 Å². The fourth-order valence-corrected chi connectivity index (χ4v) is 6.10. The molecule has 9 rings (SSSR count). The smallest absolute Gasteiger partial charge is 0.164 e. The fourth-order valence-electron chi connectivity index (χ4n) is 6.10. The van der Waals surface area contributed by atoms with E-state index in [1.165, 1.54) is 0 Å². The first-order chi connectivity index (χ1) is 24.2. The maximum atomic E-state index is 6.23. The summed E-state index contributed by atoms with van der Waals surface area (Å²) in [4.78, 5) is 24.9. The normalized spacial score (nSPS) is 11.3. The molecule has 3 aromatic heterocycles. The summed E-state index contributed by atoms with van der Waals surface area (Å²) in [7, 11) is 0. The van der Waals surface area contributed by atoms with Gasteiger partial charge in [0.25, 0.3) is 0 Å². The first kappa shape index (κ1) is 28.4. The predicted octanol–water partition coefficient (Wildman–Crippen LogP) is 10.6. The quantitative estimate of drug-likeness (QED) is 0.182. The van der Waals surface area contributed by atoms with Crippen LogP contribution in [-0.2, 0) is 0 Å². The van der Waals surface area contributed by atoms with Crippen molar-refractivity contribution in [2.24, 2.45) is 0 Å². The zero-order valence-corrected chi connectivity index (χ0v) is 26.2. The SMILES string of the molecule is c1ccc(-c2nc(-c3cccc(-c4nc(-c5ccccc5)nc(-c5ccccc5)n4)c3)cc(-c3ccc4c(c3)oc3ccccc34)n2)cc1. The zero-order valence-electron chi connectivity index (χ0n) is 26.2. The Morgan fingerprint density at radius 3 is 1.35 bits per heavy atom. The van der Waals surface area contributed by atoms with Crippen LogP contribution < -0.4 is 0 Å². The van der Waals surface area contributed by atoms with Gasteiger partial charge in [-0.15, -0.1) is 0 Å². The average Bonchev–Trinajstić information content (AvgIpc) is 3.57. The summed E-state index contributed by atoms with van der Waals surface area (Å²) in [5.41, 5.74) is 8.79. The minimum Gasteiger partial charge on any atom is -0.456 e. The molecule has 0 aliphatic carbocycles. The Morgan fingerprint density at radius 2 is 0.735 bits per heavy atom. The lowest BCUT2D eigenvalue weighted by molar-refractivity contribution is 0.669. The molecule has 0 spiro atoms. The number of para-hydroxylation sites is 1. The summed E-state index contributed by atoms with van der Waals surface area (Å²) < 4.78 is 6.23. The molecule has 6 aromatic carbocycles. The average molecular weight is 630 g/mol. The molecule has 230 valence electrons. The van der Waals surface area contributed by atoms with Crippen LogP contribution in [0.2, 0.25) is 0 Å². The molecule has 0 amide bonds. The molecule has 0 bridgehead atoms. The summed E-state index contributed by atoms with van der Waals surface area (Å²) in [6.45, 7) is 0. The van der Waals surface area contributed by atoms with E-state index in [-0.39, 0.29) is 0 Å². The Morgan fingerprint density at radius 1 is 0.286 bits per heavy atom. The lowest BCUT2D eigenvalue weighted by Gasteiger charge is -2.11. The van der Waals surface area contributed by atoms with Gasteiger partial charge in [-0.3, -0.25) is 0 Å². The molecule has 6 nitrogen and oxygen atoms in total. The second-order valence-electron chi connectivity index (χ2n) is 11.8. The van der Waals surface area contributed by atoms with Crippen LogP contribution in [0.3, 0.4) is 0 Å². The minimum atomic E-state index is 0.586. The van der Waals surface area contributed by atoms with Crippen LogP contribution in [0.1, 0.15) is 0 Å². The maximum Gasteiger partial charge on any atom is 0.164 e. The first-order valence-electron chi connectivity index (χ1n) is 16.1. The third-order valence-corrected chi connectivity index (χ3v) is 8.55. The number of hydrogen-bond donors (Lipinski definition) is 0. The van der Waals surface area contributed by atoms with E-state index >= 15 is 0 Å². The molecule has 0 atom stereocenters. The number of nitrogens with zero attached hydrogens (tertiary/aromatic N) is 5. The van der Waals surface area contributed by atoms with Gasteiger partial charge in [0.15, 0.2) is 23.3 Å². The Labute approximate surface area is 282 Å². The second-order valence-corrected chi connectivity index (χ2v) is 11.8. The molecule has 0 aliphatic rings.